The van der Waals surface area contributed by atoms with Crippen LogP contribution in [0.4, 0.5) is 6.01 Å². The molecule has 0 radical (unpaired) electrons. The number of nitrogens with one attached hydrogen (secondary N) is 1. The van der Waals surface area contributed by atoms with Crippen molar-refractivity contribution >= 4 is 17.1 Å². The number of fused-ring (bicyclic) bond motifs is 1. The van der Waals surface area contributed by atoms with Crippen LogP contribution in [0, 0.1) is 0 Å². The third kappa shape index (κ3) is 1.36. The molecule has 0 atom stereocenters. The lowest BCUT2D eigenvalue weighted by Crippen LogP contribution is -1.85. The topological polar surface area (TPSA) is 58.3 Å². The molecule has 1 aromatic heterocycles. The van der Waals surface area contributed by atoms with Gasteiger partial charge in [0.15, 0.2) is 5.58 Å². The predicted molar refractivity (Wildman–Crippen MR) is 49.5 cm³/mol. The number of nitrogens with zero attached hydrogens (tertiary/aromatic N) is 1. The monoisotopic (exact) mass is 178 g/mol. The van der Waals surface area contributed by atoms with Crippen LogP contribution in [0.3, 0.4) is 0 Å². The molecule has 0 aliphatic carbocycles. The molecule has 13 heavy (non-hydrogen) atoms. The summed E-state index contributed by atoms with van der Waals surface area (Å²) in [5, 5.41) is 11.7. The molecule has 0 saturated heterocycles. The first-order valence-electron chi connectivity index (χ1n) is 4.01. The molecule has 0 unspecified atom stereocenters. The second-order valence-electron chi connectivity index (χ2n) is 2.73. The fraction of sp³-hybridized carbons (Fsp3) is 0.222. The molecule has 0 saturated carbocycles. The minimum Gasteiger partial charge on any atom is -0.424 e. The zero-order valence-electron chi connectivity index (χ0n) is 7.24. The van der Waals surface area contributed by atoms with Gasteiger partial charge in [0.05, 0.1) is 6.61 Å². The molecule has 2 N–H and O–H groups in total. The third-order valence-corrected chi connectivity index (χ3v) is 1.85. The van der Waals surface area contributed by atoms with Gasteiger partial charge < -0.3 is 14.8 Å². The predicted octanol–water partition coefficient (Wildman–Crippen LogP) is 1.36. The van der Waals surface area contributed by atoms with Gasteiger partial charge in [0.1, 0.15) is 5.52 Å². The van der Waals surface area contributed by atoms with E-state index in [1.165, 1.54) is 0 Å². The normalized spacial score (nSPS) is 10.6. The van der Waals surface area contributed by atoms with E-state index in [9.17, 15) is 0 Å². The molecule has 68 valence electrons. The van der Waals surface area contributed by atoms with Gasteiger partial charge in [-0.3, -0.25) is 0 Å². The molecule has 0 aliphatic rings. The second-order valence-corrected chi connectivity index (χ2v) is 2.73. The summed E-state index contributed by atoms with van der Waals surface area (Å²) >= 11 is 0. The molecule has 4 heteroatoms. The Morgan fingerprint density at radius 3 is 3.08 bits per heavy atom. The highest BCUT2D eigenvalue weighted by Crippen LogP contribution is 2.19. The van der Waals surface area contributed by atoms with Crippen molar-refractivity contribution in [3.05, 3.63) is 23.8 Å². The van der Waals surface area contributed by atoms with Crippen molar-refractivity contribution in [1.29, 1.82) is 0 Å². The van der Waals surface area contributed by atoms with E-state index in [0.717, 1.165) is 16.7 Å². The van der Waals surface area contributed by atoms with Gasteiger partial charge in [-0.25, -0.2) is 0 Å². The van der Waals surface area contributed by atoms with E-state index >= 15 is 0 Å². The quantitative estimate of drug-likeness (QED) is 0.729. The minimum atomic E-state index is 0.0255. The molecule has 0 aliphatic heterocycles. The van der Waals surface area contributed by atoms with Gasteiger partial charge in [-0.15, -0.1) is 0 Å². The summed E-state index contributed by atoms with van der Waals surface area (Å²) in [7, 11) is 1.75. The maximum Gasteiger partial charge on any atom is 0.295 e. The summed E-state index contributed by atoms with van der Waals surface area (Å²) < 4.78 is 5.31. The Hall–Kier alpha value is -1.55. The van der Waals surface area contributed by atoms with Gasteiger partial charge >= 0.3 is 0 Å². The molecule has 1 heterocycles. The standard InChI is InChI=1S/C9H10N2O2/c1-10-9-11-7-4-6(5-12)2-3-8(7)13-9/h2-4,12H,5H2,1H3,(H,10,11). The number of benzene rings is 1. The average molecular weight is 178 g/mol. The number of aromatic nitrogens is 1. The Labute approximate surface area is 75.2 Å². The first kappa shape index (κ1) is 8.07. The Kier molecular flexibility index (Phi) is 1.90. The van der Waals surface area contributed by atoms with Crippen LogP contribution < -0.4 is 5.32 Å². The van der Waals surface area contributed by atoms with Crippen LogP contribution in [0.5, 0.6) is 0 Å². The van der Waals surface area contributed by atoms with Crippen molar-refractivity contribution in [3.8, 4) is 0 Å². The van der Waals surface area contributed by atoms with Crippen LogP contribution in [-0.2, 0) is 6.61 Å². The molecule has 2 aromatic rings. The number of aliphatic hydroxyl groups is 1. The Morgan fingerprint density at radius 1 is 1.54 bits per heavy atom. The highest BCUT2D eigenvalue weighted by atomic mass is 16.4. The van der Waals surface area contributed by atoms with Crippen molar-refractivity contribution in [2.45, 2.75) is 6.61 Å². The van der Waals surface area contributed by atoms with Crippen LogP contribution >= 0.6 is 0 Å². The molecule has 0 fully saturated rings. The first-order chi connectivity index (χ1) is 6.33. The zero-order chi connectivity index (χ0) is 9.26. The molecule has 4 nitrogen and oxygen atoms in total. The Morgan fingerprint density at radius 2 is 2.38 bits per heavy atom. The minimum absolute atomic E-state index is 0.0255. The third-order valence-electron chi connectivity index (χ3n) is 1.85. The summed E-state index contributed by atoms with van der Waals surface area (Å²) in [6.07, 6.45) is 0. The molecule has 0 amide bonds. The van der Waals surface area contributed by atoms with E-state index in [1.54, 1.807) is 19.2 Å². The number of hydrogen-bond acceptors (Lipinski definition) is 4. The van der Waals surface area contributed by atoms with Gasteiger partial charge in [0, 0.05) is 7.05 Å². The highest BCUT2D eigenvalue weighted by Gasteiger charge is 2.03. The van der Waals surface area contributed by atoms with Crippen molar-refractivity contribution in [3.63, 3.8) is 0 Å². The fourth-order valence-corrected chi connectivity index (χ4v) is 1.18. The van der Waals surface area contributed by atoms with E-state index in [0.29, 0.717) is 6.01 Å². The number of anilines is 1. The molecule has 0 bridgehead atoms. The number of rotatable bonds is 2. The largest absolute Gasteiger partial charge is 0.424 e. The van der Waals surface area contributed by atoms with E-state index in [4.69, 9.17) is 9.52 Å². The van der Waals surface area contributed by atoms with Gasteiger partial charge in [-0.05, 0) is 17.7 Å². The average Bonchev–Trinajstić information content (AvgIpc) is 2.58. The van der Waals surface area contributed by atoms with E-state index in [1.807, 2.05) is 6.07 Å². The highest BCUT2D eigenvalue weighted by molar-refractivity contribution is 5.75. The van der Waals surface area contributed by atoms with Gasteiger partial charge in [-0.2, -0.15) is 4.98 Å². The van der Waals surface area contributed by atoms with Gasteiger partial charge in [0.25, 0.3) is 6.01 Å². The van der Waals surface area contributed by atoms with E-state index < -0.39 is 0 Å². The fourth-order valence-electron chi connectivity index (χ4n) is 1.18. The Balaban J connectivity index is 2.57. The summed E-state index contributed by atoms with van der Waals surface area (Å²) in [5.74, 6) is 0. The number of hydrogen-bond donors (Lipinski definition) is 2. The van der Waals surface area contributed by atoms with Gasteiger partial charge in [-0.1, -0.05) is 6.07 Å². The Bertz CT molecular complexity index is 420. The smallest absolute Gasteiger partial charge is 0.295 e. The lowest BCUT2D eigenvalue weighted by molar-refractivity contribution is 0.282. The van der Waals surface area contributed by atoms with Crippen LogP contribution in [0.1, 0.15) is 5.56 Å². The van der Waals surface area contributed by atoms with Crippen molar-refractivity contribution in [2.24, 2.45) is 0 Å². The van der Waals surface area contributed by atoms with Gasteiger partial charge in [0.2, 0.25) is 0 Å². The van der Waals surface area contributed by atoms with Crippen LogP contribution in [-0.4, -0.2) is 17.1 Å². The molecular weight excluding hydrogens is 168 g/mol. The molecule has 2 rings (SSSR count). The summed E-state index contributed by atoms with van der Waals surface area (Å²) in [4.78, 5) is 4.15. The van der Waals surface area contributed by atoms with E-state index in [-0.39, 0.29) is 6.61 Å². The maximum absolute atomic E-state index is 8.89. The van der Waals surface area contributed by atoms with Crippen molar-refractivity contribution in [2.75, 3.05) is 12.4 Å². The molecule has 1 aromatic carbocycles. The summed E-state index contributed by atoms with van der Waals surface area (Å²) in [6.45, 7) is 0.0255. The molecular formula is C9H10N2O2. The SMILES string of the molecule is CNc1nc2cc(CO)ccc2o1. The van der Waals surface area contributed by atoms with Crippen LogP contribution in [0.15, 0.2) is 22.6 Å². The van der Waals surface area contributed by atoms with Crippen LogP contribution in [0.25, 0.3) is 11.1 Å². The second kappa shape index (κ2) is 3.06. The summed E-state index contributed by atoms with van der Waals surface area (Å²) in [5.41, 5.74) is 2.32. The van der Waals surface area contributed by atoms with Crippen LogP contribution in [0.2, 0.25) is 0 Å². The maximum atomic E-state index is 8.89. The van der Waals surface area contributed by atoms with Crippen molar-refractivity contribution < 1.29 is 9.52 Å². The van der Waals surface area contributed by atoms with Crippen molar-refractivity contribution in [1.82, 2.24) is 4.98 Å². The van der Waals surface area contributed by atoms with E-state index in [2.05, 4.69) is 10.3 Å². The zero-order valence-corrected chi connectivity index (χ0v) is 7.24. The number of aliphatic hydroxyl groups excluding tert-OH is 1. The number of oxazole rings is 1. The first-order valence-corrected chi connectivity index (χ1v) is 4.01. The lowest BCUT2D eigenvalue weighted by atomic mass is 10.2. The lowest BCUT2D eigenvalue weighted by Gasteiger charge is -1.92. The summed E-state index contributed by atoms with van der Waals surface area (Å²) in [6, 6.07) is 5.91. The molecule has 0 spiro atoms.